The molecular weight excluding hydrogens is 486 g/mol. The highest BCUT2D eigenvalue weighted by molar-refractivity contribution is 6.04. The van der Waals surface area contributed by atoms with Gasteiger partial charge in [-0.1, -0.05) is 24.3 Å². The minimum absolute atomic E-state index is 0.0502. The van der Waals surface area contributed by atoms with Crippen molar-refractivity contribution in [1.29, 1.82) is 0 Å². The average molecular weight is 524 g/mol. The highest BCUT2D eigenvalue weighted by Gasteiger charge is 2.32. The van der Waals surface area contributed by atoms with Crippen LogP contribution in [0.2, 0.25) is 0 Å². The largest absolute Gasteiger partial charge is 0.508 e. The first-order chi connectivity index (χ1) is 18.2. The van der Waals surface area contributed by atoms with Gasteiger partial charge in [0.2, 0.25) is 0 Å². The van der Waals surface area contributed by atoms with E-state index in [1.807, 2.05) is 56.0 Å². The third-order valence-electron chi connectivity index (χ3n) is 6.52. The molecule has 9 nitrogen and oxygen atoms in total. The molecule has 9 heteroatoms. The van der Waals surface area contributed by atoms with Crippen molar-refractivity contribution in [3.63, 3.8) is 0 Å². The molecule has 3 N–H and O–H groups in total. The lowest BCUT2D eigenvalue weighted by atomic mass is 9.94. The fraction of sp³-hybridized carbons (Fsp3) is 0.414. The van der Waals surface area contributed by atoms with Crippen molar-refractivity contribution < 1.29 is 29.3 Å². The molecule has 0 aliphatic rings. The minimum atomic E-state index is -1.30. The number of amides is 1. The molecule has 1 amide bonds. The van der Waals surface area contributed by atoms with Crippen LogP contribution in [-0.4, -0.2) is 70.1 Å². The summed E-state index contributed by atoms with van der Waals surface area (Å²) in [4.78, 5) is 32.1. The van der Waals surface area contributed by atoms with Gasteiger partial charge in [0.15, 0.2) is 12.1 Å². The molecule has 0 aliphatic carbocycles. The second-order valence-corrected chi connectivity index (χ2v) is 9.26. The van der Waals surface area contributed by atoms with Crippen LogP contribution in [0.1, 0.15) is 47.8 Å². The molecule has 0 fully saturated rings. The number of phenols is 1. The van der Waals surface area contributed by atoms with Gasteiger partial charge in [0.25, 0.3) is 0 Å². The predicted molar refractivity (Wildman–Crippen MR) is 146 cm³/mol. The molecule has 3 rings (SSSR count). The highest BCUT2D eigenvalue weighted by atomic mass is 16.7. The molecule has 0 bridgehead atoms. The number of aromatic nitrogens is 1. The summed E-state index contributed by atoms with van der Waals surface area (Å²) in [6.07, 6.45) is -0.161. The normalized spacial score (nSPS) is 13.1. The number of carbonyl (C=O) groups excluding carboxylic acids is 1. The second kappa shape index (κ2) is 13.3. The number of carboxylic acid groups (broad SMARTS) is 1. The zero-order valence-electron chi connectivity index (χ0n) is 22.6. The summed E-state index contributed by atoms with van der Waals surface area (Å²) in [7, 11) is 0. The number of aryl methyl sites for hydroxylation is 2. The fourth-order valence-corrected chi connectivity index (χ4v) is 4.80. The Hall–Kier alpha value is -3.53. The number of aromatic hydroxyl groups is 1. The van der Waals surface area contributed by atoms with Crippen LogP contribution >= 0.6 is 0 Å². The number of hydrogen-bond acceptors (Lipinski definition) is 7. The molecule has 38 heavy (non-hydrogen) atoms. The maximum absolute atomic E-state index is 13.8. The molecule has 0 unspecified atom stereocenters. The lowest BCUT2D eigenvalue weighted by Gasteiger charge is -2.36. The third kappa shape index (κ3) is 7.06. The van der Waals surface area contributed by atoms with Crippen molar-refractivity contribution in [2.24, 2.45) is 0 Å². The molecule has 1 aromatic heterocycles. The van der Waals surface area contributed by atoms with Gasteiger partial charge in [-0.05, 0) is 69.5 Å². The number of fused-ring (bicyclic) bond motifs is 1. The summed E-state index contributed by atoms with van der Waals surface area (Å²) in [5.41, 5.74) is 3.29. The van der Waals surface area contributed by atoms with Gasteiger partial charge in [0.1, 0.15) is 11.8 Å². The summed E-state index contributed by atoms with van der Waals surface area (Å²) in [5, 5.41) is 23.0. The lowest BCUT2D eigenvalue weighted by Crippen LogP contribution is -2.53. The number of benzene rings is 2. The Labute approximate surface area is 223 Å². The van der Waals surface area contributed by atoms with Crippen LogP contribution in [0.5, 0.6) is 5.75 Å². The van der Waals surface area contributed by atoms with Crippen LogP contribution in [0.4, 0.5) is 4.79 Å². The Morgan fingerprint density at radius 1 is 1.05 bits per heavy atom. The Morgan fingerprint density at radius 2 is 1.68 bits per heavy atom. The standard InChI is InChI=1S/C29H37N3O6/c1-6-37-28(38-7-2)20(5)32(16-22-11-8-10-21-12-9-13-30-26(21)22)17-24(31-29(35)36)27(34)25-18(3)14-23(33)15-19(25)4/h8-15,20,24,28,31,33H,6-7,16-17H2,1-5H3,(H,35,36)/t20-,24-/m0/s1. The number of phenolic OH excluding ortho intramolecular Hbond substituents is 1. The van der Waals surface area contributed by atoms with Crippen LogP contribution in [0.15, 0.2) is 48.7 Å². The van der Waals surface area contributed by atoms with Crippen LogP contribution in [0.3, 0.4) is 0 Å². The number of hydrogen-bond donors (Lipinski definition) is 3. The Morgan fingerprint density at radius 3 is 2.29 bits per heavy atom. The van der Waals surface area contributed by atoms with Crippen molar-refractivity contribution in [1.82, 2.24) is 15.2 Å². The Balaban J connectivity index is 2.04. The molecule has 0 saturated heterocycles. The number of para-hydroxylation sites is 1. The van der Waals surface area contributed by atoms with Crippen LogP contribution in [-0.2, 0) is 16.0 Å². The molecule has 2 aromatic carbocycles. The van der Waals surface area contributed by atoms with E-state index >= 15 is 0 Å². The van der Waals surface area contributed by atoms with Crippen molar-refractivity contribution in [2.75, 3.05) is 19.8 Å². The monoisotopic (exact) mass is 523 g/mol. The summed E-state index contributed by atoms with van der Waals surface area (Å²) >= 11 is 0. The van der Waals surface area contributed by atoms with Crippen molar-refractivity contribution in [3.8, 4) is 5.75 Å². The Kier molecular flexibility index (Phi) is 10.2. The number of nitrogens with zero attached hydrogens (tertiary/aromatic N) is 2. The molecule has 0 spiro atoms. The maximum atomic E-state index is 13.8. The second-order valence-electron chi connectivity index (χ2n) is 9.26. The fourth-order valence-electron chi connectivity index (χ4n) is 4.80. The molecule has 3 aromatic rings. The summed E-state index contributed by atoms with van der Waals surface area (Å²) in [6.45, 7) is 10.4. The van der Waals surface area contributed by atoms with Gasteiger partial charge < -0.3 is 25.0 Å². The van der Waals surface area contributed by atoms with Gasteiger partial charge in [0.05, 0.1) is 11.6 Å². The van der Waals surface area contributed by atoms with Gasteiger partial charge in [-0.25, -0.2) is 4.79 Å². The minimum Gasteiger partial charge on any atom is -0.508 e. The highest BCUT2D eigenvalue weighted by Crippen LogP contribution is 2.25. The number of nitrogens with one attached hydrogen (secondary N) is 1. The van der Waals surface area contributed by atoms with Gasteiger partial charge >= 0.3 is 6.09 Å². The first-order valence-electron chi connectivity index (χ1n) is 12.8. The topological polar surface area (TPSA) is 121 Å². The van der Waals surface area contributed by atoms with Crippen LogP contribution in [0, 0.1) is 13.8 Å². The first kappa shape index (κ1) is 29.0. The van der Waals surface area contributed by atoms with E-state index in [4.69, 9.17) is 9.47 Å². The van der Waals surface area contributed by atoms with E-state index < -0.39 is 18.4 Å². The van der Waals surface area contributed by atoms with E-state index in [1.165, 1.54) is 12.1 Å². The smallest absolute Gasteiger partial charge is 0.405 e. The van der Waals surface area contributed by atoms with Crippen LogP contribution in [0.25, 0.3) is 10.9 Å². The van der Waals surface area contributed by atoms with Gasteiger partial charge in [0, 0.05) is 43.4 Å². The van der Waals surface area contributed by atoms with E-state index in [2.05, 4.69) is 10.3 Å². The number of ketones is 1. The summed E-state index contributed by atoms with van der Waals surface area (Å²) in [5.74, 6) is -0.325. The SMILES string of the molecule is CCOC(OCC)[C@H](C)N(Cc1cccc2cccnc12)C[C@H](NC(=O)O)C(=O)c1c(C)cc(O)cc1C. The predicted octanol–water partition coefficient (Wildman–Crippen LogP) is 4.67. The number of ether oxygens (including phenoxy) is 2. The van der Waals surface area contributed by atoms with E-state index in [-0.39, 0.29) is 24.1 Å². The van der Waals surface area contributed by atoms with Crippen LogP contribution < -0.4 is 5.32 Å². The summed E-state index contributed by atoms with van der Waals surface area (Å²) in [6, 6.07) is 11.4. The van der Waals surface area contributed by atoms with Crippen molar-refractivity contribution >= 4 is 22.8 Å². The molecule has 0 aliphatic heterocycles. The number of pyridine rings is 1. The molecule has 204 valence electrons. The van der Waals surface area contributed by atoms with E-state index in [0.717, 1.165) is 16.5 Å². The number of rotatable bonds is 13. The van der Waals surface area contributed by atoms with Crippen molar-refractivity contribution in [2.45, 2.75) is 59.5 Å². The number of Topliss-reactive ketones (excluding diaryl/α,β-unsaturated/α-hetero) is 1. The number of carbonyl (C=O) groups is 2. The third-order valence-corrected chi connectivity index (χ3v) is 6.52. The van der Waals surface area contributed by atoms with E-state index in [1.54, 1.807) is 20.0 Å². The Bertz CT molecular complexity index is 1230. The maximum Gasteiger partial charge on any atom is 0.405 e. The molecule has 0 radical (unpaired) electrons. The molecular formula is C29H37N3O6. The summed E-state index contributed by atoms with van der Waals surface area (Å²) < 4.78 is 11.8. The lowest BCUT2D eigenvalue weighted by molar-refractivity contribution is -0.172. The van der Waals surface area contributed by atoms with E-state index in [0.29, 0.717) is 36.4 Å². The quantitative estimate of drug-likeness (QED) is 0.218. The molecule has 0 saturated carbocycles. The zero-order valence-corrected chi connectivity index (χ0v) is 22.6. The van der Waals surface area contributed by atoms with E-state index in [9.17, 15) is 19.8 Å². The van der Waals surface area contributed by atoms with Gasteiger partial charge in [-0.3, -0.25) is 14.7 Å². The zero-order chi connectivity index (χ0) is 27.8. The van der Waals surface area contributed by atoms with Gasteiger partial charge in [-0.15, -0.1) is 0 Å². The molecule has 1 heterocycles. The average Bonchev–Trinajstić information content (AvgIpc) is 2.86. The first-order valence-corrected chi connectivity index (χ1v) is 12.8. The van der Waals surface area contributed by atoms with Gasteiger partial charge in [-0.2, -0.15) is 0 Å². The molecule has 2 atom stereocenters. The van der Waals surface area contributed by atoms with Crippen molar-refractivity contribution in [3.05, 3.63) is 70.9 Å².